The topological polar surface area (TPSA) is 55.3 Å². The Morgan fingerprint density at radius 1 is 1.36 bits per heavy atom. The number of thiazole rings is 1. The largest absolute Gasteiger partial charge is 0.471 e. The van der Waals surface area contributed by atoms with Crippen LogP contribution in [0.1, 0.15) is 11.9 Å². The molecule has 0 N–H and O–H groups in total. The second-order valence-corrected chi connectivity index (χ2v) is 7.93. The summed E-state index contributed by atoms with van der Waals surface area (Å²) in [5.41, 5.74) is 1.78. The van der Waals surface area contributed by atoms with Crippen LogP contribution in [0.5, 0.6) is 5.88 Å². The van der Waals surface area contributed by atoms with Gasteiger partial charge >= 0.3 is 0 Å². The number of anilines is 1. The number of carbonyl (C=O) groups is 1. The molecular weight excluding hydrogens is 354 g/mol. The minimum Gasteiger partial charge on any atom is -0.471 e. The lowest BCUT2D eigenvalue weighted by atomic mass is 10.2. The summed E-state index contributed by atoms with van der Waals surface area (Å²) in [6.45, 7) is 2.51. The first kappa shape index (κ1) is 16.4. The van der Waals surface area contributed by atoms with Gasteiger partial charge in [0, 0.05) is 11.9 Å². The normalized spacial score (nSPS) is 16.5. The van der Waals surface area contributed by atoms with Crippen molar-refractivity contribution in [3.8, 4) is 5.88 Å². The Morgan fingerprint density at radius 2 is 2.24 bits per heavy atom. The average molecular weight is 371 g/mol. The van der Waals surface area contributed by atoms with Crippen LogP contribution in [0.3, 0.4) is 0 Å². The van der Waals surface area contributed by atoms with Gasteiger partial charge in [0.1, 0.15) is 16.8 Å². The van der Waals surface area contributed by atoms with E-state index < -0.39 is 0 Å². The smallest absolute Gasteiger partial charge is 0.238 e. The van der Waals surface area contributed by atoms with Gasteiger partial charge in [-0.2, -0.15) is 0 Å². The number of aromatic nitrogens is 2. The van der Waals surface area contributed by atoms with Crippen molar-refractivity contribution < 1.29 is 9.53 Å². The fourth-order valence-electron chi connectivity index (χ4n) is 2.78. The molecule has 0 spiro atoms. The highest BCUT2D eigenvalue weighted by Gasteiger charge is 2.28. The Kier molecular flexibility index (Phi) is 4.59. The number of thioether (sulfide) groups is 1. The second-order valence-electron chi connectivity index (χ2n) is 5.83. The van der Waals surface area contributed by atoms with Crippen molar-refractivity contribution >= 4 is 44.9 Å². The van der Waals surface area contributed by atoms with E-state index in [2.05, 4.69) is 16.0 Å². The van der Waals surface area contributed by atoms with E-state index in [0.717, 1.165) is 22.0 Å². The molecule has 0 aliphatic carbocycles. The quantitative estimate of drug-likeness (QED) is 0.699. The van der Waals surface area contributed by atoms with E-state index in [0.29, 0.717) is 18.2 Å². The van der Waals surface area contributed by atoms with Gasteiger partial charge in [-0.1, -0.05) is 12.1 Å². The number of amides is 1. The molecule has 128 valence electrons. The van der Waals surface area contributed by atoms with Gasteiger partial charge in [-0.05, 0) is 31.2 Å². The summed E-state index contributed by atoms with van der Waals surface area (Å²) >= 11 is 3.28. The standard InChI is InChI=1S/C18H17N3O2S2/c1-12-9-21(14-6-4-8-19-18(14)23-12)17(22)11-24-10-16-20-13-5-2-3-7-15(13)25-16/h2-8,12H,9-11H2,1H3/t12-/m0/s1. The Morgan fingerprint density at radius 3 is 3.12 bits per heavy atom. The molecule has 0 radical (unpaired) electrons. The summed E-state index contributed by atoms with van der Waals surface area (Å²) in [4.78, 5) is 23.3. The third-order valence-corrected chi connectivity index (χ3v) is 6.03. The molecule has 0 unspecified atom stereocenters. The number of hydrogen-bond donors (Lipinski definition) is 0. The Balaban J connectivity index is 1.40. The van der Waals surface area contributed by atoms with Crippen molar-refractivity contribution in [3.05, 3.63) is 47.6 Å². The van der Waals surface area contributed by atoms with Gasteiger partial charge in [0.05, 0.1) is 22.5 Å². The zero-order chi connectivity index (χ0) is 17.2. The summed E-state index contributed by atoms with van der Waals surface area (Å²) in [7, 11) is 0. The van der Waals surface area contributed by atoms with E-state index in [4.69, 9.17) is 4.74 Å². The number of rotatable bonds is 4. The van der Waals surface area contributed by atoms with E-state index in [-0.39, 0.29) is 12.0 Å². The van der Waals surface area contributed by atoms with Gasteiger partial charge in [-0.3, -0.25) is 4.79 Å². The van der Waals surface area contributed by atoms with Crippen molar-refractivity contribution in [1.82, 2.24) is 9.97 Å². The predicted octanol–water partition coefficient (Wildman–Crippen LogP) is 3.74. The highest BCUT2D eigenvalue weighted by Crippen LogP contribution is 2.31. The van der Waals surface area contributed by atoms with Crippen LogP contribution in [0.4, 0.5) is 5.69 Å². The maximum absolute atomic E-state index is 12.7. The maximum Gasteiger partial charge on any atom is 0.238 e. The van der Waals surface area contributed by atoms with Crippen LogP contribution in [0.2, 0.25) is 0 Å². The van der Waals surface area contributed by atoms with Gasteiger partial charge in [-0.15, -0.1) is 23.1 Å². The molecule has 1 atom stereocenters. The predicted molar refractivity (Wildman–Crippen MR) is 102 cm³/mol. The first-order chi connectivity index (χ1) is 12.2. The van der Waals surface area contributed by atoms with E-state index in [1.54, 1.807) is 34.2 Å². The third kappa shape index (κ3) is 3.48. The summed E-state index contributed by atoms with van der Waals surface area (Å²) in [6, 6.07) is 11.8. The minimum absolute atomic E-state index is 0.0550. The van der Waals surface area contributed by atoms with E-state index in [1.165, 1.54) is 4.70 Å². The maximum atomic E-state index is 12.7. The summed E-state index contributed by atoms with van der Waals surface area (Å²) < 4.78 is 6.89. The fraction of sp³-hybridized carbons (Fsp3) is 0.278. The minimum atomic E-state index is -0.0550. The average Bonchev–Trinajstić information content (AvgIpc) is 3.03. The number of carbonyl (C=O) groups excluding carboxylic acids is 1. The summed E-state index contributed by atoms with van der Waals surface area (Å²) in [5.74, 6) is 1.77. The van der Waals surface area contributed by atoms with E-state index in [1.807, 2.05) is 37.3 Å². The molecule has 0 saturated carbocycles. The SMILES string of the molecule is C[C@H]1CN(C(=O)CSCc2nc3ccccc3s2)c2cccnc2O1. The molecule has 1 amide bonds. The highest BCUT2D eigenvalue weighted by atomic mass is 32.2. The van der Waals surface area contributed by atoms with Gasteiger partial charge in [-0.25, -0.2) is 9.97 Å². The van der Waals surface area contributed by atoms with Crippen molar-refractivity contribution in [2.75, 3.05) is 17.2 Å². The molecule has 25 heavy (non-hydrogen) atoms. The molecule has 0 fully saturated rings. The molecule has 3 heterocycles. The molecule has 0 bridgehead atoms. The zero-order valence-electron chi connectivity index (χ0n) is 13.7. The number of para-hydroxylation sites is 1. The van der Waals surface area contributed by atoms with Crippen LogP contribution < -0.4 is 9.64 Å². The van der Waals surface area contributed by atoms with Gasteiger partial charge < -0.3 is 9.64 Å². The number of pyridine rings is 1. The third-order valence-electron chi connectivity index (χ3n) is 3.88. The zero-order valence-corrected chi connectivity index (χ0v) is 15.3. The summed E-state index contributed by atoms with van der Waals surface area (Å²) in [6.07, 6.45) is 1.63. The molecule has 4 rings (SSSR count). The molecule has 5 nitrogen and oxygen atoms in total. The molecule has 1 aromatic carbocycles. The summed E-state index contributed by atoms with van der Waals surface area (Å²) in [5, 5.41) is 1.05. The molecule has 1 aliphatic heterocycles. The molecule has 1 aliphatic rings. The highest BCUT2D eigenvalue weighted by molar-refractivity contribution is 7.99. The van der Waals surface area contributed by atoms with Crippen molar-refractivity contribution in [3.63, 3.8) is 0 Å². The Bertz CT molecular complexity index is 879. The first-order valence-corrected chi connectivity index (χ1v) is 10.0. The van der Waals surface area contributed by atoms with Crippen LogP contribution in [0, 0.1) is 0 Å². The van der Waals surface area contributed by atoms with Crippen molar-refractivity contribution in [2.24, 2.45) is 0 Å². The van der Waals surface area contributed by atoms with E-state index >= 15 is 0 Å². The van der Waals surface area contributed by atoms with Gasteiger partial charge in [0.2, 0.25) is 11.8 Å². The lowest BCUT2D eigenvalue weighted by Crippen LogP contribution is -2.43. The Hall–Kier alpha value is -2.12. The van der Waals surface area contributed by atoms with Crippen LogP contribution in [-0.4, -0.2) is 34.3 Å². The van der Waals surface area contributed by atoms with E-state index in [9.17, 15) is 4.79 Å². The number of hydrogen-bond acceptors (Lipinski definition) is 6. The molecule has 7 heteroatoms. The monoisotopic (exact) mass is 371 g/mol. The van der Waals surface area contributed by atoms with Gasteiger partial charge in [0.25, 0.3) is 0 Å². The molecule has 3 aromatic rings. The van der Waals surface area contributed by atoms with Crippen LogP contribution in [-0.2, 0) is 10.5 Å². The number of benzene rings is 1. The number of fused-ring (bicyclic) bond motifs is 2. The van der Waals surface area contributed by atoms with Gasteiger partial charge in [0.15, 0.2) is 0 Å². The molecular formula is C18H17N3O2S2. The number of ether oxygens (including phenoxy) is 1. The first-order valence-electron chi connectivity index (χ1n) is 8.05. The van der Waals surface area contributed by atoms with Crippen LogP contribution >= 0.6 is 23.1 Å². The van der Waals surface area contributed by atoms with Crippen molar-refractivity contribution in [2.45, 2.75) is 18.8 Å². The molecule has 2 aromatic heterocycles. The fourth-order valence-corrected chi connectivity index (χ4v) is 4.70. The van der Waals surface area contributed by atoms with Crippen LogP contribution in [0.15, 0.2) is 42.6 Å². The van der Waals surface area contributed by atoms with Crippen molar-refractivity contribution in [1.29, 1.82) is 0 Å². The lowest BCUT2D eigenvalue weighted by molar-refractivity contribution is -0.116. The number of nitrogens with zero attached hydrogens (tertiary/aromatic N) is 3. The molecule has 0 saturated heterocycles. The lowest BCUT2D eigenvalue weighted by Gasteiger charge is -2.32. The Labute approximate surface area is 154 Å². The van der Waals surface area contributed by atoms with Crippen LogP contribution in [0.25, 0.3) is 10.2 Å². The second kappa shape index (κ2) is 7.01.